The minimum absolute atomic E-state index is 0.116. The quantitative estimate of drug-likeness (QED) is 0.643. The average molecular weight is 492 g/mol. The zero-order chi connectivity index (χ0) is 24.2. The summed E-state index contributed by atoms with van der Waals surface area (Å²) in [5, 5.41) is 0.493. The maximum absolute atomic E-state index is 13.3. The van der Waals surface area contributed by atoms with Crippen LogP contribution >= 0.6 is 11.6 Å². The van der Waals surface area contributed by atoms with Crippen LogP contribution in [-0.4, -0.2) is 62.3 Å². The first-order chi connectivity index (χ1) is 15.6. The second-order valence-electron chi connectivity index (χ2n) is 8.74. The lowest BCUT2D eigenvalue weighted by Crippen LogP contribution is -2.56. The normalized spacial score (nSPS) is 15.5. The molecule has 7 nitrogen and oxygen atoms in total. The fourth-order valence-electron chi connectivity index (χ4n) is 3.80. The van der Waals surface area contributed by atoms with Gasteiger partial charge >= 0.3 is 0 Å². The number of benzene rings is 2. The van der Waals surface area contributed by atoms with Gasteiger partial charge in [-0.15, -0.1) is 0 Å². The van der Waals surface area contributed by atoms with E-state index < -0.39 is 16.1 Å². The zero-order valence-electron chi connectivity index (χ0n) is 19.1. The first kappa shape index (κ1) is 25.2. The van der Waals surface area contributed by atoms with E-state index in [9.17, 15) is 18.0 Å². The van der Waals surface area contributed by atoms with E-state index in [1.54, 1.807) is 46.2 Å². The van der Waals surface area contributed by atoms with Crippen LogP contribution < -0.4 is 4.72 Å². The standard InChI is InChI=1S/C24H30ClN3O4S/c1-17(2)15-22(26-33(31,32)21-9-7-18(3)8-10-21)24(30)28-13-11-27(12-14-28)23(29)19-5-4-6-20(25)16-19/h4-10,16-17,22,26H,11-15H2,1-3H3/t22-/m0/s1. The Bertz CT molecular complexity index is 1090. The molecule has 2 aromatic rings. The fraction of sp³-hybridized carbons (Fsp3) is 0.417. The molecule has 1 N–H and O–H groups in total. The molecule has 1 heterocycles. The number of piperazine rings is 1. The van der Waals surface area contributed by atoms with Crippen molar-refractivity contribution in [1.82, 2.24) is 14.5 Å². The third-order valence-corrected chi connectivity index (χ3v) is 7.31. The first-order valence-corrected chi connectivity index (χ1v) is 12.9. The molecular weight excluding hydrogens is 462 g/mol. The van der Waals surface area contributed by atoms with Crippen molar-refractivity contribution in [1.29, 1.82) is 0 Å². The number of carbonyl (C=O) groups excluding carboxylic acids is 2. The molecule has 0 bridgehead atoms. The average Bonchev–Trinajstić information content (AvgIpc) is 2.77. The van der Waals surface area contributed by atoms with Gasteiger partial charge in [0, 0.05) is 36.8 Å². The molecule has 0 unspecified atom stereocenters. The highest BCUT2D eigenvalue weighted by atomic mass is 35.5. The predicted molar refractivity (Wildman–Crippen MR) is 129 cm³/mol. The molecule has 1 atom stereocenters. The van der Waals surface area contributed by atoms with Crippen molar-refractivity contribution in [3.63, 3.8) is 0 Å². The van der Waals surface area contributed by atoms with E-state index in [1.165, 1.54) is 12.1 Å². The monoisotopic (exact) mass is 491 g/mol. The predicted octanol–water partition coefficient (Wildman–Crippen LogP) is 3.33. The molecule has 0 spiro atoms. The van der Waals surface area contributed by atoms with Crippen molar-refractivity contribution in [3.8, 4) is 0 Å². The lowest BCUT2D eigenvalue weighted by atomic mass is 10.0. The van der Waals surface area contributed by atoms with Crippen LogP contribution in [0, 0.1) is 12.8 Å². The highest BCUT2D eigenvalue weighted by Crippen LogP contribution is 2.17. The summed E-state index contributed by atoms with van der Waals surface area (Å²) in [4.78, 5) is 29.5. The summed E-state index contributed by atoms with van der Waals surface area (Å²) in [6.07, 6.45) is 0.381. The lowest BCUT2D eigenvalue weighted by molar-refractivity contribution is -0.134. The Balaban J connectivity index is 1.67. The van der Waals surface area contributed by atoms with E-state index in [4.69, 9.17) is 11.6 Å². The van der Waals surface area contributed by atoms with Gasteiger partial charge in [0.05, 0.1) is 4.90 Å². The van der Waals surface area contributed by atoms with E-state index in [0.29, 0.717) is 43.2 Å². The Hall–Kier alpha value is -2.42. The third-order valence-electron chi connectivity index (χ3n) is 5.58. The Morgan fingerprint density at radius 2 is 1.61 bits per heavy atom. The van der Waals surface area contributed by atoms with Crippen LogP contribution in [0.5, 0.6) is 0 Å². The summed E-state index contributed by atoms with van der Waals surface area (Å²) in [6.45, 7) is 7.19. The Morgan fingerprint density at radius 1 is 1.00 bits per heavy atom. The molecule has 2 aromatic carbocycles. The highest BCUT2D eigenvalue weighted by Gasteiger charge is 2.32. The van der Waals surface area contributed by atoms with Crippen LogP contribution in [0.1, 0.15) is 36.2 Å². The topological polar surface area (TPSA) is 86.8 Å². The highest BCUT2D eigenvalue weighted by molar-refractivity contribution is 7.89. The fourth-order valence-corrected chi connectivity index (χ4v) is 5.19. The van der Waals surface area contributed by atoms with Crippen LogP contribution in [0.2, 0.25) is 5.02 Å². The number of nitrogens with one attached hydrogen (secondary N) is 1. The Morgan fingerprint density at radius 3 is 2.18 bits per heavy atom. The Labute approximate surface area is 200 Å². The van der Waals surface area contributed by atoms with E-state index in [0.717, 1.165) is 5.56 Å². The second kappa shape index (κ2) is 10.7. The molecule has 0 aromatic heterocycles. The maximum atomic E-state index is 13.3. The molecular formula is C24H30ClN3O4S. The van der Waals surface area contributed by atoms with Crippen molar-refractivity contribution in [2.45, 2.75) is 38.1 Å². The van der Waals surface area contributed by atoms with E-state index in [2.05, 4.69) is 4.72 Å². The first-order valence-electron chi connectivity index (χ1n) is 11.0. The second-order valence-corrected chi connectivity index (χ2v) is 10.9. The zero-order valence-corrected chi connectivity index (χ0v) is 20.7. The number of rotatable bonds is 7. The SMILES string of the molecule is Cc1ccc(S(=O)(=O)N[C@@H](CC(C)C)C(=O)N2CCN(C(=O)c3cccc(Cl)c3)CC2)cc1. The minimum atomic E-state index is -3.84. The Kier molecular flexibility index (Phi) is 8.15. The molecule has 2 amide bonds. The number of carbonyl (C=O) groups is 2. The number of aryl methyl sites for hydroxylation is 1. The maximum Gasteiger partial charge on any atom is 0.254 e. The summed E-state index contributed by atoms with van der Waals surface area (Å²) in [7, 11) is -3.84. The summed E-state index contributed by atoms with van der Waals surface area (Å²) in [5.74, 6) is -0.289. The smallest absolute Gasteiger partial charge is 0.254 e. The summed E-state index contributed by atoms with van der Waals surface area (Å²) in [5.41, 5.74) is 1.46. The van der Waals surface area contributed by atoms with Gasteiger partial charge in [0.25, 0.3) is 5.91 Å². The number of sulfonamides is 1. The molecule has 9 heteroatoms. The molecule has 3 rings (SSSR count). The lowest BCUT2D eigenvalue weighted by Gasteiger charge is -2.36. The molecule has 1 saturated heterocycles. The van der Waals surface area contributed by atoms with Gasteiger partial charge < -0.3 is 9.80 Å². The number of hydrogen-bond donors (Lipinski definition) is 1. The minimum Gasteiger partial charge on any atom is -0.338 e. The van der Waals surface area contributed by atoms with Gasteiger partial charge in [-0.25, -0.2) is 8.42 Å². The van der Waals surface area contributed by atoms with Crippen molar-refractivity contribution in [3.05, 3.63) is 64.7 Å². The van der Waals surface area contributed by atoms with Crippen molar-refractivity contribution in [2.75, 3.05) is 26.2 Å². The van der Waals surface area contributed by atoms with Gasteiger partial charge in [0.2, 0.25) is 15.9 Å². The van der Waals surface area contributed by atoms with Crippen LogP contribution in [0.25, 0.3) is 0 Å². The molecule has 1 aliphatic rings. The molecule has 1 aliphatic heterocycles. The summed E-state index contributed by atoms with van der Waals surface area (Å²) >= 11 is 5.99. The van der Waals surface area contributed by atoms with Gasteiger partial charge in [-0.05, 0) is 49.6 Å². The van der Waals surface area contributed by atoms with Gasteiger partial charge in [-0.1, -0.05) is 49.2 Å². The number of halogens is 1. The molecule has 0 saturated carbocycles. The van der Waals surface area contributed by atoms with E-state index in [-0.39, 0.29) is 22.6 Å². The van der Waals surface area contributed by atoms with Crippen molar-refractivity contribution in [2.24, 2.45) is 5.92 Å². The molecule has 33 heavy (non-hydrogen) atoms. The van der Waals surface area contributed by atoms with Crippen LogP contribution in [0.4, 0.5) is 0 Å². The summed E-state index contributed by atoms with van der Waals surface area (Å²) in [6, 6.07) is 12.4. The van der Waals surface area contributed by atoms with Crippen molar-refractivity contribution >= 4 is 33.4 Å². The molecule has 1 fully saturated rings. The van der Waals surface area contributed by atoms with Crippen LogP contribution in [0.15, 0.2) is 53.4 Å². The molecule has 178 valence electrons. The van der Waals surface area contributed by atoms with Gasteiger partial charge in [0.1, 0.15) is 6.04 Å². The molecule has 0 aliphatic carbocycles. The number of nitrogens with zero attached hydrogens (tertiary/aromatic N) is 2. The van der Waals surface area contributed by atoms with Gasteiger partial charge in [0.15, 0.2) is 0 Å². The largest absolute Gasteiger partial charge is 0.338 e. The van der Waals surface area contributed by atoms with E-state index >= 15 is 0 Å². The van der Waals surface area contributed by atoms with Crippen LogP contribution in [0.3, 0.4) is 0 Å². The third kappa shape index (κ3) is 6.56. The summed E-state index contributed by atoms with van der Waals surface area (Å²) < 4.78 is 28.4. The van der Waals surface area contributed by atoms with Crippen LogP contribution in [-0.2, 0) is 14.8 Å². The van der Waals surface area contributed by atoms with E-state index in [1.807, 2.05) is 20.8 Å². The van der Waals surface area contributed by atoms with Gasteiger partial charge in [-0.3, -0.25) is 9.59 Å². The molecule has 0 radical (unpaired) electrons. The number of amides is 2. The van der Waals surface area contributed by atoms with Crippen molar-refractivity contribution < 1.29 is 18.0 Å². The number of hydrogen-bond acceptors (Lipinski definition) is 4. The van der Waals surface area contributed by atoms with Gasteiger partial charge in [-0.2, -0.15) is 4.72 Å².